The van der Waals surface area contributed by atoms with Crippen molar-refractivity contribution < 1.29 is 17.9 Å². The highest BCUT2D eigenvalue weighted by Gasteiger charge is 2.11. The van der Waals surface area contributed by atoms with Crippen LogP contribution in [0, 0.1) is 17.5 Å². The van der Waals surface area contributed by atoms with Gasteiger partial charge in [0, 0.05) is 18.2 Å². The lowest BCUT2D eigenvalue weighted by molar-refractivity contribution is 0.467. The lowest BCUT2D eigenvalue weighted by Gasteiger charge is -2.09. The third-order valence-electron chi connectivity index (χ3n) is 2.18. The van der Waals surface area contributed by atoms with Crippen molar-refractivity contribution >= 4 is 17.3 Å². The summed E-state index contributed by atoms with van der Waals surface area (Å²) in [5, 5.41) is -0.0826. The van der Waals surface area contributed by atoms with Gasteiger partial charge in [-0.15, -0.1) is 0 Å². The molecule has 0 aliphatic carbocycles. The van der Waals surface area contributed by atoms with Gasteiger partial charge in [-0.05, 0) is 12.1 Å². The average molecular weight is 274 g/mol. The van der Waals surface area contributed by atoms with Crippen LogP contribution in [0.1, 0.15) is 0 Å². The number of hydrogen-bond donors (Lipinski definition) is 1. The van der Waals surface area contributed by atoms with Crippen molar-refractivity contribution in [2.24, 2.45) is 0 Å². The molecule has 18 heavy (non-hydrogen) atoms. The highest BCUT2D eigenvalue weighted by atomic mass is 35.5. The average Bonchev–Trinajstić information content (AvgIpc) is 2.30. The quantitative estimate of drug-likeness (QED) is 0.835. The molecule has 2 aromatic carbocycles. The number of ether oxygens (including phenoxy) is 1. The van der Waals surface area contributed by atoms with Gasteiger partial charge < -0.3 is 10.5 Å². The first-order valence-corrected chi connectivity index (χ1v) is 5.22. The Labute approximate surface area is 106 Å². The summed E-state index contributed by atoms with van der Waals surface area (Å²) in [6, 6.07) is 5.14. The van der Waals surface area contributed by atoms with Crippen LogP contribution in [0.15, 0.2) is 30.3 Å². The van der Waals surface area contributed by atoms with Crippen LogP contribution >= 0.6 is 11.6 Å². The van der Waals surface area contributed by atoms with E-state index < -0.39 is 17.5 Å². The van der Waals surface area contributed by atoms with Crippen LogP contribution < -0.4 is 10.5 Å². The van der Waals surface area contributed by atoms with Gasteiger partial charge in [-0.25, -0.2) is 13.2 Å². The first-order valence-electron chi connectivity index (χ1n) is 4.85. The van der Waals surface area contributed by atoms with Crippen molar-refractivity contribution in [3.8, 4) is 11.5 Å². The van der Waals surface area contributed by atoms with E-state index in [0.717, 1.165) is 12.1 Å². The number of hydrogen-bond acceptors (Lipinski definition) is 2. The molecule has 94 valence electrons. The Kier molecular flexibility index (Phi) is 3.34. The summed E-state index contributed by atoms with van der Waals surface area (Å²) in [4.78, 5) is 0. The predicted octanol–water partition coefficient (Wildman–Crippen LogP) is 4.13. The van der Waals surface area contributed by atoms with Crippen LogP contribution in [0.2, 0.25) is 5.02 Å². The first kappa shape index (κ1) is 12.6. The smallest absolute Gasteiger partial charge is 0.156 e. The van der Waals surface area contributed by atoms with Gasteiger partial charge in [-0.3, -0.25) is 0 Å². The molecule has 6 heteroatoms. The van der Waals surface area contributed by atoms with E-state index in [1.54, 1.807) is 0 Å². The fourth-order valence-corrected chi connectivity index (χ4v) is 1.43. The van der Waals surface area contributed by atoms with E-state index in [1.165, 1.54) is 12.1 Å². The van der Waals surface area contributed by atoms with Crippen LogP contribution in [0.3, 0.4) is 0 Å². The third-order valence-corrected chi connectivity index (χ3v) is 2.48. The maximum atomic E-state index is 13.1. The van der Waals surface area contributed by atoms with Crippen LogP contribution in [0.25, 0.3) is 0 Å². The molecule has 0 heterocycles. The minimum absolute atomic E-state index is 0.0357. The van der Waals surface area contributed by atoms with E-state index in [9.17, 15) is 13.2 Å². The Bertz CT molecular complexity index is 604. The summed E-state index contributed by atoms with van der Waals surface area (Å²) >= 11 is 5.49. The highest BCUT2D eigenvalue weighted by molar-refractivity contribution is 6.30. The van der Waals surface area contributed by atoms with E-state index in [0.29, 0.717) is 6.07 Å². The molecule has 0 atom stereocenters. The summed E-state index contributed by atoms with van der Waals surface area (Å²) in [6.45, 7) is 0. The van der Waals surface area contributed by atoms with E-state index >= 15 is 0 Å². The van der Waals surface area contributed by atoms with Gasteiger partial charge in [0.2, 0.25) is 0 Å². The maximum absolute atomic E-state index is 13.1. The monoisotopic (exact) mass is 273 g/mol. The highest BCUT2D eigenvalue weighted by Crippen LogP contribution is 2.31. The number of rotatable bonds is 2. The van der Waals surface area contributed by atoms with Gasteiger partial charge in [0.25, 0.3) is 0 Å². The molecular formula is C12H7ClF3NO. The second-order valence-electron chi connectivity index (χ2n) is 3.48. The third kappa shape index (κ3) is 2.51. The first-order chi connectivity index (χ1) is 8.47. The Morgan fingerprint density at radius 3 is 2.39 bits per heavy atom. The summed E-state index contributed by atoms with van der Waals surface area (Å²) in [7, 11) is 0. The summed E-state index contributed by atoms with van der Waals surface area (Å²) in [6.07, 6.45) is 0. The zero-order valence-electron chi connectivity index (χ0n) is 8.88. The van der Waals surface area contributed by atoms with Gasteiger partial charge in [0.1, 0.15) is 23.1 Å². The molecule has 2 N–H and O–H groups in total. The van der Waals surface area contributed by atoms with Gasteiger partial charge in [0.05, 0.1) is 5.02 Å². The lowest BCUT2D eigenvalue weighted by atomic mass is 10.2. The Morgan fingerprint density at radius 2 is 1.72 bits per heavy atom. The zero-order valence-corrected chi connectivity index (χ0v) is 9.64. The molecule has 0 saturated carbocycles. The van der Waals surface area contributed by atoms with Gasteiger partial charge in [-0.1, -0.05) is 11.6 Å². The number of nitrogens with two attached hydrogens (primary N) is 1. The fourth-order valence-electron chi connectivity index (χ4n) is 1.31. The normalized spacial score (nSPS) is 10.4. The zero-order chi connectivity index (χ0) is 13.3. The molecule has 0 aliphatic rings. The second kappa shape index (κ2) is 4.78. The molecule has 2 rings (SSSR count). The SMILES string of the molecule is Nc1c(F)cc(F)cc1Oc1ccc(Cl)c(F)c1. The summed E-state index contributed by atoms with van der Waals surface area (Å²) < 4.78 is 44.4. The van der Waals surface area contributed by atoms with Crippen molar-refractivity contribution in [2.75, 3.05) is 5.73 Å². The summed E-state index contributed by atoms with van der Waals surface area (Å²) in [5.74, 6) is -2.68. The van der Waals surface area contributed by atoms with E-state index in [-0.39, 0.29) is 22.2 Å². The van der Waals surface area contributed by atoms with Crippen LogP contribution in [0.5, 0.6) is 11.5 Å². The van der Waals surface area contributed by atoms with Crippen LogP contribution in [-0.4, -0.2) is 0 Å². The van der Waals surface area contributed by atoms with Crippen LogP contribution in [0.4, 0.5) is 18.9 Å². The van der Waals surface area contributed by atoms with Crippen molar-refractivity contribution in [3.05, 3.63) is 52.8 Å². The van der Waals surface area contributed by atoms with Crippen molar-refractivity contribution in [1.82, 2.24) is 0 Å². The molecule has 0 bridgehead atoms. The Hall–Kier alpha value is -1.88. The van der Waals surface area contributed by atoms with Crippen LogP contribution in [-0.2, 0) is 0 Å². The molecule has 2 nitrogen and oxygen atoms in total. The van der Waals surface area contributed by atoms with E-state index in [2.05, 4.69) is 0 Å². The van der Waals surface area contributed by atoms with E-state index in [4.69, 9.17) is 22.1 Å². The van der Waals surface area contributed by atoms with E-state index in [1.807, 2.05) is 0 Å². The molecule has 2 aromatic rings. The molecule has 0 amide bonds. The standard InChI is InChI=1S/C12H7ClF3NO/c13-8-2-1-7(5-9(8)15)18-11-4-6(14)3-10(16)12(11)17/h1-5H,17H2. The van der Waals surface area contributed by atoms with Crippen molar-refractivity contribution in [3.63, 3.8) is 0 Å². The minimum Gasteiger partial charge on any atom is -0.455 e. The van der Waals surface area contributed by atoms with Gasteiger partial charge in [-0.2, -0.15) is 0 Å². The maximum Gasteiger partial charge on any atom is 0.156 e. The molecule has 0 aromatic heterocycles. The molecule has 0 spiro atoms. The molecule has 0 fully saturated rings. The minimum atomic E-state index is -0.945. The predicted molar refractivity (Wildman–Crippen MR) is 62.3 cm³/mol. The fraction of sp³-hybridized carbons (Fsp3) is 0. The molecule has 0 unspecified atom stereocenters. The Balaban J connectivity index is 2.36. The largest absolute Gasteiger partial charge is 0.455 e. The summed E-state index contributed by atoms with van der Waals surface area (Å²) in [5.41, 5.74) is 5.03. The topological polar surface area (TPSA) is 35.2 Å². The number of anilines is 1. The second-order valence-corrected chi connectivity index (χ2v) is 3.88. The molecule has 0 radical (unpaired) electrons. The van der Waals surface area contributed by atoms with Gasteiger partial charge >= 0.3 is 0 Å². The van der Waals surface area contributed by atoms with Crippen molar-refractivity contribution in [2.45, 2.75) is 0 Å². The number of benzene rings is 2. The number of halogens is 4. The lowest BCUT2D eigenvalue weighted by Crippen LogP contribution is -1.97. The van der Waals surface area contributed by atoms with Crippen molar-refractivity contribution in [1.29, 1.82) is 0 Å². The van der Waals surface area contributed by atoms with Gasteiger partial charge in [0.15, 0.2) is 11.6 Å². The molecule has 0 saturated heterocycles. The number of nitrogen functional groups attached to an aromatic ring is 1. The Morgan fingerprint density at radius 1 is 1.00 bits per heavy atom. The molecular weight excluding hydrogens is 267 g/mol. The molecule has 0 aliphatic heterocycles.